The Kier molecular flexibility index (Phi) is 14.4. The summed E-state index contributed by atoms with van der Waals surface area (Å²) in [6, 6.07) is 0. The van der Waals surface area contributed by atoms with E-state index in [1.807, 2.05) is 20.8 Å². The van der Waals surface area contributed by atoms with Crippen molar-refractivity contribution in [2.75, 3.05) is 0 Å². The first-order chi connectivity index (χ1) is 14.8. The predicted octanol–water partition coefficient (Wildman–Crippen LogP) is 7.77. The quantitative estimate of drug-likeness (QED) is 0.172. The molecule has 0 aromatic rings. The van der Waals surface area contributed by atoms with Gasteiger partial charge in [0.05, 0.1) is 12.0 Å². The van der Waals surface area contributed by atoms with E-state index in [1.165, 1.54) is 57.8 Å². The molecule has 0 N–H and O–H groups in total. The lowest BCUT2D eigenvalue weighted by Gasteiger charge is -2.40. The van der Waals surface area contributed by atoms with Crippen LogP contribution in [0, 0.1) is 11.3 Å². The van der Waals surface area contributed by atoms with Gasteiger partial charge in [0.15, 0.2) is 0 Å². The Labute approximate surface area is 192 Å². The summed E-state index contributed by atoms with van der Waals surface area (Å²) >= 11 is 0. The zero-order valence-electron chi connectivity index (χ0n) is 21.2. The number of Topliss-reactive ketones (excluding diaryl/α,β-unsaturated/α-hetero) is 1. The van der Waals surface area contributed by atoms with Gasteiger partial charge in [-0.15, -0.1) is 0 Å². The third-order valence-electron chi connectivity index (χ3n) is 6.34. The molecule has 1 aliphatic rings. The van der Waals surface area contributed by atoms with Crippen molar-refractivity contribution in [2.45, 2.75) is 150 Å². The highest BCUT2D eigenvalue weighted by Gasteiger charge is 2.43. The standard InChI is InChI=1S/C27H50O4/c1-6-8-10-12-13-14-15-16-17-19-22(28)21-24-23(20-18-11-9-7-2)25(29)31-26(30-24)27(3,4)5/h23-24,26H,6-21H2,1-5H3/t23-,24-,26-/m0/s1. The lowest BCUT2D eigenvalue weighted by atomic mass is 9.88. The van der Waals surface area contributed by atoms with Gasteiger partial charge >= 0.3 is 5.97 Å². The van der Waals surface area contributed by atoms with E-state index in [0.717, 1.165) is 32.1 Å². The first-order valence-corrected chi connectivity index (χ1v) is 13.2. The lowest BCUT2D eigenvalue weighted by molar-refractivity contribution is -0.257. The molecule has 0 amide bonds. The number of carbonyl (C=O) groups excluding carboxylic acids is 2. The Morgan fingerprint density at radius 2 is 1.32 bits per heavy atom. The molecule has 0 unspecified atom stereocenters. The smallest absolute Gasteiger partial charge is 0.313 e. The monoisotopic (exact) mass is 438 g/mol. The molecule has 0 aromatic heterocycles. The Bertz CT molecular complexity index is 494. The molecule has 3 atom stereocenters. The van der Waals surface area contributed by atoms with Crippen LogP contribution in [-0.2, 0) is 19.1 Å². The van der Waals surface area contributed by atoms with Crippen LogP contribution in [0.25, 0.3) is 0 Å². The average molecular weight is 439 g/mol. The van der Waals surface area contributed by atoms with Crippen molar-refractivity contribution in [1.82, 2.24) is 0 Å². The summed E-state index contributed by atoms with van der Waals surface area (Å²) in [6.07, 6.45) is 16.5. The summed E-state index contributed by atoms with van der Waals surface area (Å²) in [7, 11) is 0. The maximum absolute atomic E-state index is 12.7. The SMILES string of the molecule is CCCCCCCCCCCC(=O)C[C@@H]1O[C@H](C(C)(C)C)OC(=O)[C@H]1CCCCCC. The third-order valence-corrected chi connectivity index (χ3v) is 6.34. The second-order valence-corrected chi connectivity index (χ2v) is 10.6. The van der Waals surface area contributed by atoms with Crippen LogP contribution in [0.3, 0.4) is 0 Å². The molecule has 1 heterocycles. The van der Waals surface area contributed by atoms with Gasteiger partial charge in [0.25, 0.3) is 0 Å². The molecular weight excluding hydrogens is 388 g/mol. The van der Waals surface area contributed by atoms with Gasteiger partial charge in [-0.1, -0.05) is 112 Å². The summed E-state index contributed by atoms with van der Waals surface area (Å²) in [5.41, 5.74) is -0.290. The number of cyclic esters (lactones) is 1. The molecule has 4 nitrogen and oxygen atoms in total. The van der Waals surface area contributed by atoms with Crippen molar-refractivity contribution in [2.24, 2.45) is 11.3 Å². The van der Waals surface area contributed by atoms with Crippen LogP contribution in [0.15, 0.2) is 0 Å². The fraction of sp³-hybridized carbons (Fsp3) is 0.926. The van der Waals surface area contributed by atoms with E-state index in [9.17, 15) is 9.59 Å². The zero-order valence-corrected chi connectivity index (χ0v) is 21.2. The van der Waals surface area contributed by atoms with Crippen molar-refractivity contribution in [1.29, 1.82) is 0 Å². The fourth-order valence-electron chi connectivity index (χ4n) is 4.25. The minimum absolute atomic E-state index is 0.177. The van der Waals surface area contributed by atoms with Crippen LogP contribution in [-0.4, -0.2) is 24.1 Å². The number of hydrogen-bond donors (Lipinski definition) is 0. The highest BCUT2D eigenvalue weighted by molar-refractivity contribution is 5.81. The molecule has 1 rings (SSSR count). The maximum Gasteiger partial charge on any atom is 0.313 e. The molecule has 1 fully saturated rings. The minimum Gasteiger partial charge on any atom is -0.435 e. The fourth-order valence-corrected chi connectivity index (χ4v) is 4.25. The number of rotatable bonds is 17. The summed E-state index contributed by atoms with van der Waals surface area (Å²) < 4.78 is 11.8. The van der Waals surface area contributed by atoms with Crippen LogP contribution in [0.5, 0.6) is 0 Å². The number of esters is 1. The van der Waals surface area contributed by atoms with Gasteiger partial charge in [-0.3, -0.25) is 9.59 Å². The predicted molar refractivity (Wildman–Crippen MR) is 128 cm³/mol. The minimum atomic E-state index is -0.572. The topological polar surface area (TPSA) is 52.6 Å². The first-order valence-electron chi connectivity index (χ1n) is 13.2. The third kappa shape index (κ3) is 12.1. The van der Waals surface area contributed by atoms with E-state index >= 15 is 0 Å². The Morgan fingerprint density at radius 3 is 1.87 bits per heavy atom. The van der Waals surface area contributed by atoms with Gasteiger partial charge in [0.2, 0.25) is 6.29 Å². The summed E-state index contributed by atoms with van der Waals surface area (Å²) in [4.78, 5) is 25.4. The van der Waals surface area contributed by atoms with E-state index < -0.39 is 6.29 Å². The van der Waals surface area contributed by atoms with Crippen LogP contribution in [0.2, 0.25) is 0 Å². The summed E-state index contributed by atoms with van der Waals surface area (Å²) in [5.74, 6) is -0.250. The van der Waals surface area contributed by atoms with E-state index in [1.54, 1.807) is 0 Å². The second-order valence-electron chi connectivity index (χ2n) is 10.6. The normalized spacial score (nSPS) is 21.8. The number of unbranched alkanes of at least 4 members (excludes halogenated alkanes) is 11. The maximum atomic E-state index is 12.7. The molecule has 0 aromatic carbocycles. The molecule has 4 heteroatoms. The number of carbonyl (C=O) groups is 2. The molecule has 0 saturated carbocycles. The van der Waals surface area contributed by atoms with Gasteiger partial charge in [-0.05, 0) is 12.8 Å². The highest BCUT2D eigenvalue weighted by atomic mass is 16.7. The van der Waals surface area contributed by atoms with Gasteiger partial charge < -0.3 is 9.47 Å². The van der Waals surface area contributed by atoms with E-state index in [0.29, 0.717) is 12.8 Å². The Balaban J connectivity index is 2.43. The van der Waals surface area contributed by atoms with E-state index in [-0.39, 0.29) is 29.2 Å². The number of hydrogen-bond acceptors (Lipinski definition) is 4. The number of ketones is 1. The first kappa shape index (κ1) is 28.1. The molecule has 31 heavy (non-hydrogen) atoms. The van der Waals surface area contributed by atoms with Crippen molar-refractivity contribution < 1.29 is 19.1 Å². The lowest BCUT2D eigenvalue weighted by Crippen LogP contribution is -2.49. The van der Waals surface area contributed by atoms with Crippen molar-refractivity contribution in [3.05, 3.63) is 0 Å². The molecule has 0 spiro atoms. The van der Waals surface area contributed by atoms with Crippen LogP contribution in [0.1, 0.15) is 137 Å². The zero-order chi connectivity index (χ0) is 23.1. The molecule has 0 radical (unpaired) electrons. The van der Waals surface area contributed by atoms with Crippen molar-refractivity contribution in [3.8, 4) is 0 Å². The van der Waals surface area contributed by atoms with E-state index in [2.05, 4.69) is 13.8 Å². The van der Waals surface area contributed by atoms with E-state index in [4.69, 9.17) is 9.47 Å². The second kappa shape index (κ2) is 15.8. The van der Waals surface area contributed by atoms with Crippen LogP contribution in [0.4, 0.5) is 0 Å². The van der Waals surface area contributed by atoms with Crippen molar-refractivity contribution >= 4 is 11.8 Å². The molecule has 182 valence electrons. The van der Waals surface area contributed by atoms with Crippen molar-refractivity contribution in [3.63, 3.8) is 0 Å². The van der Waals surface area contributed by atoms with Gasteiger partial charge in [-0.2, -0.15) is 0 Å². The summed E-state index contributed by atoms with van der Waals surface area (Å²) in [6.45, 7) is 10.4. The average Bonchev–Trinajstić information content (AvgIpc) is 2.70. The van der Waals surface area contributed by atoms with Gasteiger partial charge in [0, 0.05) is 18.3 Å². The molecule has 0 bridgehead atoms. The molecule has 0 aliphatic carbocycles. The molecular formula is C27H50O4. The number of ether oxygens (including phenoxy) is 2. The largest absolute Gasteiger partial charge is 0.435 e. The highest BCUT2D eigenvalue weighted by Crippen LogP contribution is 2.35. The Morgan fingerprint density at radius 1 is 0.806 bits per heavy atom. The van der Waals surface area contributed by atoms with Crippen LogP contribution < -0.4 is 0 Å². The molecule has 1 aliphatic heterocycles. The van der Waals surface area contributed by atoms with Crippen LogP contribution >= 0.6 is 0 Å². The van der Waals surface area contributed by atoms with Gasteiger partial charge in [0.1, 0.15) is 5.78 Å². The summed E-state index contributed by atoms with van der Waals surface area (Å²) in [5, 5.41) is 0. The Hall–Kier alpha value is -0.900. The van der Waals surface area contributed by atoms with Gasteiger partial charge in [-0.25, -0.2) is 0 Å². The molecule has 1 saturated heterocycles.